The van der Waals surface area contributed by atoms with E-state index in [0.29, 0.717) is 5.92 Å². The Bertz CT molecular complexity index is 205. The maximum atomic E-state index is 11.8. The summed E-state index contributed by atoms with van der Waals surface area (Å²) in [6.45, 7) is 4.97. The molecule has 1 rings (SSSR count). The van der Waals surface area contributed by atoms with E-state index in [4.69, 9.17) is 5.73 Å². The van der Waals surface area contributed by atoms with Gasteiger partial charge in [-0.25, -0.2) is 0 Å². The van der Waals surface area contributed by atoms with E-state index in [-0.39, 0.29) is 5.91 Å². The van der Waals surface area contributed by atoms with Crippen molar-refractivity contribution in [3.8, 4) is 0 Å². The highest BCUT2D eigenvalue weighted by Gasteiger charge is 2.37. The van der Waals surface area contributed by atoms with Crippen molar-refractivity contribution < 1.29 is 4.79 Å². The number of amides is 1. The molecule has 82 valence electrons. The Labute approximate surface area is 86.4 Å². The predicted molar refractivity (Wildman–Crippen MR) is 57.9 cm³/mol. The molecule has 0 bridgehead atoms. The average molecular weight is 198 g/mol. The van der Waals surface area contributed by atoms with Gasteiger partial charge in [0, 0.05) is 6.54 Å². The van der Waals surface area contributed by atoms with Gasteiger partial charge in [-0.3, -0.25) is 4.79 Å². The molecule has 3 N–H and O–H groups in total. The molecule has 1 aliphatic carbocycles. The molecule has 0 radical (unpaired) electrons. The Morgan fingerprint density at radius 3 is 2.93 bits per heavy atom. The monoisotopic (exact) mass is 198 g/mol. The Kier molecular flexibility index (Phi) is 3.93. The smallest absolute Gasteiger partial charge is 0.240 e. The van der Waals surface area contributed by atoms with E-state index >= 15 is 0 Å². The molecule has 2 unspecified atom stereocenters. The van der Waals surface area contributed by atoms with Gasteiger partial charge in [0.1, 0.15) is 0 Å². The molecule has 0 spiro atoms. The van der Waals surface area contributed by atoms with Gasteiger partial charge in [0.2, 0.25) is 5.91 Å². The van der Waals surface area contributed by atoms with Gasteiger partial charge in [-0.2, -0.15) is 0 Å². The van der Waals surface area contributed by atoms with E-state index in [2.05, 4.69) is 12.2 Å². The van der Waals surface area contributed by atoms with E-state index in [1.807, 2.05) is 6.92 Å². The van der Waals surface area contributed by atoms with Crippen LogP contribution in [-0.2, 0) is 4.79 Å². The Hall–Kier alpha value is -0.570. The van der Waals surface area contributed by atoms with E-state index < -0.39 is 5.54 Å². The minimum Gasteiger partial charge on any atom is -0.355 e. The van der Waals surface area contributed by atoms with Gasteiger partial charge < -0.3 is 11.1 Å². The molecule has 2 atom stereocenters. The first kappa shape index (κ1) is 11.5. The molecular weight excluding hydrogens is 176 g/mol. The number of nitrogens with two attached hydrogens (primary N) is 1. The lowest BCUT2D eigenvalue weighted by atomic mass is 9.76. The third-order valence-corrected chi connectivity index (χ3v) is 3.02. The van der Waals surface area contributed by atoms with Crippen molar-refractivity contribution in [2.45, 2.75) is 51.5 Å². The van der Waals surface area contributed by atoms with Gasteiger partial charge in [0.15, 0.2) is 0 Å². The van der Waals surface area contributed by atoms with Crippen LogP contribution in [0.15, 0.2) is 0 Å². The van der Waals surface area contributed by atoms with Crippen LogP contribution < -0.4 is 11.1 Å². The molecule has 14 heavy (non-hydrogen) atoms. The summed E-state index contributed by atoms with van der Waals surface area (Å²) < 4.78 is 0. The molecule has 1 amide bonds. The summed E-state index contributed by atoms with van der Waals surface area (Å²) in [6, 6.07) is 0. The SMILES string of the molecule is CCCNC(=O)C1(N)CCCC(C)C1. The van der Waals surface area contributed by atoms with Crippen molar-refractivity contribution in [2.24, 2.45) is 11.7 Å². The zero-order valence-electron chi connectivity index (χ0n) is 9.31. The highest BCUT2D eigenvalue weighted by atomic mass is 16.2. The normalized spacial score (nSPS) is 32.6. The van der Waals surface area contributed by atoms with Crippen molar-refractivity contribution in [3.63, 3.8) is 0 Å². The van der Waals surface area contributed by atoms with Crippen molar-refractivity contribution in [1.29, 1.82) is 0 Å². The highest BCUT2D eigenvalue weighted by Crippen LogP contribution is 2.30. The first-order valence-corrected chi connectivity index (χ1v) is 5.65. The number of hydrogen-bond donors (Lipinski definition) is 2. The zero-order chi connectivity index (χ0) is 10.6. The lowest BCUT2D eigenvalue weighted by molar-refractivity contribution is -0.128. The van der Waals surface area contributed by atoms with Crippen molar-refractivity contribution in [2.75, 3.05) is 6.54 Å². The van der Waals surface area contributed by atoms with Gasteiger partial charge in [0.25, 0.3) is 0 Å². The molecule has 0 aromatic rings. The molecule has 0 heterocycles. The number of rotatable bonds is 3. The standard InChI is InChI=1S/C11H22N2O/c1-3-7-13-10(14)11(12)6-4-5-9(2)8-11/h9H,3-8,12H2,1-2H3,(H,13,14). The summed E-state index contributed by atoms with van der Waals surface area (Å²) in [5.41, 5.74) is 5.53. The van der Waals surface area contributed by atoms with Crippen LogP contribution in [0.1, 0.15) is 46.0 Å². The van der Waals surface area contributed by atoms with Crippen LogP contribution in [0.25, 0.3) is 0 Å². The second-order valence-corrected chi connectivity index (χ2v) is 4.61. The summed E-state index contributed by atoms with van der Waals surface area (Å²) in [6.07, 6.45) is 4.93. The second-order valence-electron chi connectivity index (χ2n) is 4.61. The summed E-state index contributed by atoms with van der Waals surface area (Å²) in [7, 11) is 0. The third kappa shape index (κ3) is 2.71. The zero-order valence-corrected chi connectivity index (χ0v) is 9.31. The molecule has 3 nitrogen and oxygen atoms in total. The lowest BCUT2D eigenvalue weighted by Gasteiger charge is -2.35. The minimum absolute atomic E-state index is 0.0471. The Morgan fingerprint density at radius 2 is 2.36 bits per heavy atom. The highest BCUT2D eigenvalue weighted by molar-refractivity contribution is 5.86. The first-order chi connectivity index (χ1) is 6.58. The average Bonchev–Trinajstić information content (AvgIpc) is 2.13. The van der Waals surface area contributed by atoms with E-state index in [9.17, 15) is 4.79 Å². The van der Waals surface area contributed by atoms with Gasteiger partial charge in [-0.05, 0) is 25.2 Å². The van der Waals surface area contributed by atoms with Crippen molar-refractivity contribution in [3.05, 3.63) is 0 Å². The van der Waals surface area contributed by atoms with Crippen LogP contribution >= 0.6 is 0 Å². The number of hydrogen-bond acceptors (Lipinski definition) is 2. The molecule has 0 aliphatic heterocycles. The molecule has 0 saturated heterocycles. The van der Waals surface area contributed by atoms with Crippen molar-refractivity contribution >= 4 is 5.91 Å². The maximum Gasteiger partial charge on any atom is 0.240 e. The molecule has 1 saturated carbocycles. The molecule has 1 fully saturated rings. The van der Waals surface area contributed by atoms with E-state index in [0.717, 1.165) is 32.2 Å². The molecule has 0 aromatic heterocycles. The number of carbonyl (C=O) groups is 1. The lowest BCUT2D eigenvalue weighted by Crippen LogP contribution is -2.56. The molecular formula is C11H22N2O. The minimum atomic E-state index is -0.590. The maximum absolute atomic E-state index is 11.8. The van der Waals surface area contributed by atoms with Crippen LogP contribution in [0.3, 0.4) is 0 Å². The fourth-order valence-electron chi connectivity index (χ4n) is 2.21. The summed E-state index contributed by atoms with van der Waals surface area (Å²) in [5, 5.41) is 2.90. The fraction of sp³-hybridized carbons (Fsp3) is 0.909. The summed E-state index contributed by atoms with van der Waals surface area (Å²) >= 11 is 0. The molecule has 1 aliphatic rings. The van der Waals surface area contributed by atoms with Crippen LogP contribution in [0, 0.1) is 5.92 Å². The fourth-order valence-corrected chi connectivity index (χ4v) is 2.21. The van der Waals surface area contributed by atoms with Gasteiger partial charge >= 0.3 is 0 Å². The van der Waals surface area contributed by atoms with Gasteiger partial charge in [-0.1, -0.05) is 26.7 Å². The Morgan fingerprint density at radius 1 is 1.64 bits per heavy atom. The van der Waals surface area contributed by atoms with E-state index in [1.165, 1.54) is 6.42 Å². The second kappa shape index (κ2) is 4.78. The van der Waals surface area contributed by atoms with E-state index in [1.54, 1.807) is 0 Å². The summed E-state index contributed by atoms with van der Waals surface area (Å²) in [4.78, 5) is 11.8. The largest absolute Gasteiger partial charge is 0.355 e. The molecule has 0 aromatic carbocycles. The topological polar surface area (TPSA) is 55.1 Å². The quantitative estimate of drug-likeness (QED) is 0.720. The predicted octanol–water partition coefficient (Wildman–Crippen LogP) is 1.42. The number of carbonyl (C=O) groups excluding carboxylic acids is 1. The van der Waals surface area contributed by atoms with Crippen LogP contribution in [0.5, 0.6) is 0 Å². The molecule has 3 heteroatoms. The van der Waals surface area contributed by atoms with Gasteiger partial charge in [0.05, 0.1) is 5.54 Å². The van der Waals surface area contributed by atoms with Crippen molar-refractivity contribution in [1.82, 2.24) is 5.32 Å². The van der Waals surface area contributed by atoms with Crippen LogP contribution in [0.2, 0.25) is 0 Å². The third-order valence-electron chi connectivity index (χ3n) is 3.02. The van der Waals surface area contributed by atoms with Crippen LogP contribution in [-0.4, -0.2) is 18.0 Å². The first-order valence-electron chi connectivity index (χ1n) is 5.65. The van der Waals surface area contributed by atoms with Crippen LogP contribution in [0.4, 0.5) is 0 Å². The Balaban J connectivity index is 2.50. The van der Waals surface area contributed by atoms with Gasteiger partial charge in [-0.15, -0.1) is 0 Å². The summed E-state index contributed by atoms with van der Waals surface area (Å²) in [5.74, 6) is 0.632. The number of nitrogens with one attached hydrogen (secondary N) is 1.